The molecule has 25 heavy (non-hydrogen) atoms. The number of rotatable bonds is 5. The Labute approximate surface area is 146 Å². The first kappa shape index (κ1) is 17.4. The van der Waals surface area contributed by atoms with E-state index in [0.717, 1.165) is 5.69 Å². The van der Waals surface area contributed by atoms with Gasteiger partial charge in [0, 0.05) is 24.6 Å². The van der Waals surface area contributed by atoms with Gasteiger partial charge in [-0.05, 0) is 5.92 Å². The SMILES string of the molecule is CC(C)c1cc(C(=O)N2CCOCC2CC(=O)c2ccccc2)on1. The topological polar surface area (TPSA) is 72.6 Å². The Kier molecular flexibility index (Phi) is 5.28. The lowest BCUT2D eigenvalue weighted by atomic mass is 10.0. The van der Waals surface area contributed by atoms with E-state index < -0.39 is 0 Å². The van der Waals surface area contributed by atoms with Crippen LogP contribution in [0.4, 0.5) is 0 Å². The number of benzene rings is 1. The van der Waals surface area contributed by atoms with E-state index in [0.29, 0.717) is 25.3 Å². The molecule has 0 aliphatic carbocycles. The molecule has 0 saturated carbocycles. The number of amides is 1. The molecule has 0 radical (unpaired) electrons. The van der Waals surface area contributed by atoms with Crippen LogP contribution in [-0.2, 0) is 4.74 Å². The molecule has 1 aliphatic rings. The van der Waals surface area contributed by atoms with Crippen LogP contribution in [-0.4, -0.2) is 47.5 Å². The summed E-state index contributed by atoms with van der Waals surface area (Å²) in [6.07, 6.45) is 0.223. The summed E-state index contributed by atoms with van der Waals surface area (Å²) in [5, 5.41) is 3.94. The number of Topliss-reactive ketones (excluding diaryl/α,β-unsaturated/α-hetero) is 1. The maximum atomic E-state index is 12.8. The van der Waals surface area contributed by atoms with Gasteiger partial charge in [0.15, 0.2) is 5.78 Å². The van der Waals surface area contributed by atoms with Crippen molar-refractivity contribution in [2.45, 2.75) is 32.2 Å². The Morgan fingerprint density at radius 2 is 2.04 bits per heavy atom. The van der Waals surface area contributed by atoms with E-state index in [2.05, 4.69) is 5.16 Å². The number of aromatic nitrogens is 1. The second kappa shape index (κ2) is 7.61. The predicted octanol–water partition coefficient (Wildman–Crippen LogP) is 2.91. The van der Waals surface area contributed by atoms with E-state index in [1.807, 2.05) is 32.0 Å². The third kappa shape index (κ3) is 3.96. The highest BCUT2D eigenvalue weighted by molar-refractivity contribution is 5.97. The van der Waals surface area contributed by atoms with Gasteiger partial charge < -0.3 is 14.2 Å². The van der Waals surface area contributed by atoms with Crippen molar-refractivity contribution in [2.75, 3.05) is 19.8 Å². The van der Waals surface area contributed by atoms with Crippen molar-refractivity contribution in [1.29, 1.82) is 0 Å². The molecule has 1 aromatic carbocycles. The number of morpholine rings is 1. The Morgan fingerprint density at radius 3 is 2.72 bits per heavy atom. The third-order valence-electron chi connectivity index (χ3n) is 4.34. The summed E-state index contributed by atoms with van der Waals surface area (Å²) in [6, 6.07) is 10.5. The molecular weight excluding hydrogens is 320 g/mol. The minimum atomic E-state index is -0.304. The first-order valence-electron chi connectivity index (χ1n) is 8.50. The Balaban J connectivity index is 1.74. The van der Waals surface area contributed by atoms with Crippen molar-refractivity contribution in [2.24, 2.45) is 0 Å². The highest BCUT2D eigenvalue weighted by atomic mass is 16.5. The van der Waals surface area contributed by atoms with E-state index in [4.69, 9.17) is 9.26 Å². The van der Waals surface area contributed by atoms with Crippen LogP contribution in [0.1, 0.15) is 52.8 Å². The summed E-state index contributed by atoms with van der Waals surface area (Å²) in [4.78, 5) is 26.9. The maximum Gasteiger partial charge on any atom is 0.292 e. The molecule has 0 bridgehead atoms. The molecule has 1 fully saturated rings. The van der Waals surface area contributed by atoms with Gasteiger partial charge in [-0.2, -0.15) is 0 Å². The smallest absolute Gasteiger partial charge is 0.292 e. The number of ketones is 1. The van der Waals surface area contributed by atoms with Crippen LogP contribution in [0.15, 0.2) is 40.9 Å². The molecule has 1 amide bonds. The molecule has 1 saturated heterocycles. The largest absolute Gasteiger partial charge is 0.377 e. The fourth-order valence-electron chi connectivity index (χ4n) is 2.85. The van der Waals surface area contributed by atoms with E-state index in [1.54, 1.807) is 23.1 Å². The van der Waals surface area contributed by atoms with Gasteiger partial charge >= 0.3 is 0 Å². The van der Waals surface area contributed by atoms with Crippen molar-refractivity contribution in [3.05, 3.63) is 53.4 Å². The molecule has 1 atom stereocenters. The van der Waals surface area contributed by atoms with Gasteiger partial charge in [-0.15, -0.1) is 0 Å². The van der Waals surface area contributed by atoms with Crippen molar-refractivity contribution >= 4 is 11.7 Å². The predicted molar refractivity (Wildman–Crippen MR) is 91.6 cm³/mol. The summed E-state index contributed by atoms with van der Waals surface area (Å²) in [6.45, 7) is 5.20. The number of hydrogen-bond donors (Lipinski definition) is 0. The summed E-state index contributed by atoms with van der Waals surface area (Å²) < 4.78 is 10.7. The average Bonchev–Trinajstić information content (AvgIpc) is 3.13. The van der Waals surface area contributed by atoms with E-state index in [-0.39, 0.29) is 35.8 Å². The van der Waals surface area contributed by atoms with Crippen molar-refractivity contribution in [1.82, 2.24) is 10.1 Å². The highest BCUT2D eigenvalue weighted by Crippen LogP contribution is 2.20. The standard InChI is InChI=1S/C19H22N2O4/c1-13(2)16-11-18(25-20-16)19(23)21-8-9-24-12-15(21)10-17(22)14-6-4-3-5-7-14/h3-7,11,13,15H,8-10,12H2,1-2H3. The number of nitrogens with zero attached hydrogens (tertiary/aromatic N) is 2. The molecule has 6 nitrogen and oxygen atoms in total. The molecule has 2 aromatic rings. The number of carbonyl (C=O) groups is 2. The summed E-state index contributed by atoms with van der Waals surface area (Å²) >= 11 is 0. The summed E-state index contributed by atoms with van der Waals surface area (Å²) in [7, 11) is 0. The Morgan fingerprint density at radius 1 is 1.28 bits per heavy atom. The van der Waals surface area contributed by atoms with Crippen LogP contribution in [0.3, 0.4) is 0 Å². The van der Waals surface area contributed by atoms with Gasteiger partial charge in [0.25, 0.3) is 5.91 Å². The molecule has 3 rings (SSSR count). The second-order valence-electron chi connectivity index (χ2n) is 6.49. The van der Waals surface area contributed by atoms with Gasteiger partial charge in [0.1, 0.15) is 0 Å². The zero-order valence-electron chi connectivity index (χ0n) is 14.5. The monoisotopic (exact) mass is 342 g/mol. The number of hydrogen-bond acceptors (Lipinski definition) is 5. The third-order valence-corrected chi connectivity index (χ3v) is 4.34. The van der Waals surface area contributed by atoms with Crippen LogP contribution in [0.5, 0.6) is 0 Å². The average molecular weight is 342 g/mol. The van der Waals surface area contributed by atoms with Crippen LogP contribution < -0.4 is 0 Å². The van der Waals surface area contributed by atoms with E-state index in [1.165, 1.54) is 0 Å². The lowest BCUT2D eigenvalue weighted by Crippen LogP contribution is -2.49. The summed E-state index contributed by atoms with van der Waals surface area (Å²) in [5.41, 5.74) is 1.38. The van der Waals surface area contributed by atoms with Crippen LogP contribution in [0.2, 0.25) is 0 Å². The number of ether oxygens (including phenoxy) is 1. The fraction of sp³-hybridized carbons (Fsp3) is 0.421. The van der Waals surface area contributed by atoms with E-state index in [9.17, 15) is 9.59 Å². The first-order valence-corrected chi connectivity index (χ1v) is 8.50. The lowest BCUT2D eigenvalue weighted by Gasteiger charge is -2.34. The number of carbonyl (C=O) groups excluding carboxylic acids is 2. The van der Waals surface area contributed by atoms with Gasteiger partial charge in [-0.1, -0.05) is 49.3 Å². The minimum absolute atomic E-state index is 0.00524. The van der Waals surface area contributed by atoms with Crippen LogP contribution in [0.25, 0.3) is 0 Å². The molecule has 1 aromatic heterocycles. The Hall–Kier alpha value is -2.47. The first-order chi connectivity index (χ1) is 12.1. The molecule has 6 heteroatoms. The van der Waals surface area contributed by atoms with Gasteiger partial charge in [-0.25, -0.2) is 0 Å². The fourth-order valence-corrected chi connectivity index (χ4v) is 2.85. The lowest BCUT2D eigenvalue weighted by molar-refractivity contribution is -0.00468. The van der Waals surface area contributed by atoms with Crippen LogP contribution in [0, 0.1) is 0 Å². The normalized spacial score (nSPS) is 17.7. The molecule has 1 unspecified atom stereocenters. The minimum Gasteiger partial charge on any atom is -0.377 e. The maximum absolute atomic E-state index is 12.8. The highest BCUT2D eigenvalue weighted by Gasteiger charge is 2.32. The van der Waals surface area contributed by atoms with Crippen molar-refractivity contribution < 1.29 is 18.8 Å². The second-order valence-corrected chi connectivity index (χ2v) is 6.49. The van der Waals surface area contributed by atoms with Gasteiger partial charge in [0.05, 0.1) is 24.9 Å². The quantitative estimate of drug-likeness (QED) is 0.781. The van der Waals surface area contributed by atoms with Gasteiger partial charge in [-0.3, -0.25) is 9.59 Å². The molecule has 2 heterocycles. The summed E-state index contributed by atoms with van der Waals surface area (Å²) in [5.74, 6) is 0.149. The zero-order valence-corrected chi connectivity index (χ0v) is 14.5. The molecule has 0 N–H and O–H groups in total. The van der Waals surface area contributed by atoms with E-state index >= 15 is 0 Å². The van der Waals surface area contributed by atoms with Crippen molar-refractivity contribution in [3.8, 4) is 0 Å². The Bertz CT molecular complexity index is 739. The zero-order chi connectivity index (χ0) is 17.8. The van der Waals surface area contributed by atoms with Gasteiger partial charge in [0.2, 0.25) is 5.76 Å². The van der Waals surface area contributed by atoms with Crippen molar-refractivity contribution in [3.63, 3.8) is 0 Å². The molecular formula is C19H22N2O4. The molecule has 132 valence electrons. The molecule has 0 spiro atoms. The molecule has 1 aliphatic heterocycles. The van der Waals surface area contributed by atoms with Crippen LogP contribution >= 0.6 is 0 Å².